The van der Waals surface area contributed by atoms with Crippen LogP contribution in [0.1, 0.15) is 22.3 Å². The Bertz CT molecular complexity index is 409. The monoisotopic (exact) mass is 252 g/mol. The molecule has 2 rings (SSSR count). The number of benzene rings is 1. The van der Waals surface area contributed by atoms with Crippen LogP contribution in [0.3, 0.4) is 0 Å². The van der Waals surface area contributed by atoms with Crippen molar-refractivity contribution in [2.75, 3.05) is 26.2 Å². The second-order valence-electron chi connectivity index (χ2n) is 4.95. The van der Waals surface area contributed by atoms with Gasteiger partial charge in [-0.15, -0.1) is 0 Å². The lowest BCUT2D eigenvalue weighted by atomic mass is 9.99. The van der Waals surface area contributed by atoms with Crippen molar-refractivity contribution in [3.05, 3.63) is 33.3 Å². The van der Waals surface area contributed by atoms with Gasteiger partial charge in [0.2, 0.25) is 0 Å². The number of halogens is 1. The fourth-order valence-electron chi connectivity index (χ4n) is 2.54. The maximum atomic E-state index is 6.34. The number of nitrogens with zero attached hydrogens (tertiary/aromatic N) is 1. The SMILES string of the molecule is Cc1cc(C)c(CN2CCNCC2)c(C)c1Cl. The number of nitrogens with one attached hydrogen (secondary N) is 1. The third kappa shape index (κ3) is 2.82. The van der Waals surface area contributed by atoms with E-state index in [1.807, 2.05) is 0 Å². The standard InChI is InChI=1S/C14H21ClN2/c1-10-8-11(2)14(15)12(3)13(10)9-17-6-4-16-5-7-17/h8,16H,4-7,9H2,1-3H3. The second kappa shape index (κ2) is 5.38. The van der Waals surface area contributed by atoms with Crippen molar-refractivity contribution in [2.24, 2.45) is 0 Å². The molecule has 1 aliphatic heterocycles. The molecule has 0 amide bonds. The van der Waals surface area contributed by atoms with E-state index in [0.717, 1.165) is 37.7 Å². The van der Waals surface area contributed by atoms with Gasteiger partial charge in [-0.1, -0.05) is 17.7 Å². The van der Waals surface area contributed by atoms with Gasteiger partial charge in [0.15, 0.2) is 0 Å². The van der Waals surface area contributed by atoms with Gasteiger partial charge < -0.3 is 5.32 Å². The summed E-state index contributed by atoms with van der Waals surface area (Å²) in [5.74, 6) is 0. The van der Waals surface area contributed by atoms with Gasteiger partial charge in [-0.3, -0.25) is 4.90 Å². The fraction of sp³-hybridized carbons (Fsp3) is 0.571. The minimum absolute atomic E-state index is 0.931. The highest BCUT2D eigenvalue weighted by atomic mass is 35.5. The van der Waals surface area contributed by atoms with Crippen molar-refractivity contribution < 1.29 is 0 Å². The van der Waals surface area contributed by atoms with Gasteiger partial charge in [0, 0.05) is 37.7 Å². The minimum atomic E-state index is 0.931. The molecule has 17 heavy (non-hydrogen) atoms. The van der Waals surface area contributed by atoms with Gasteiger partial charge >= 0.3 is 0 Å². The minimum Gasteiger partial charge on any atom is -0.314 e. The van der Waals surface area contributed by atoms with Crippen molar-refractivity contribution in [1.29, 1.82) is 0 Å². The van der Waals surface area contributed by atoms with Gasteiger partial charge in [0.1, 0.15) is 0 Å². The average molecular weight is 253 g/mol. The van der Waals surface area contributed by atoms with Crippen molar-refractivity contribution in [2.45, 2.75) is 27.3 Å². The number of rotatable bonds is 2. The molecular weight excluding hydrogens is 232 g/mol. The summed E-state index contributed by atoms with van der Waals surface area (Å²) in [4.78, 5) is 2.50. The van der Waals surface area contributed by atoms with E-state index in [1.54, 1.807) is 0 Å². The number of hydrogen-bond acceptors (Lipinski definition) is 2. The summed E-state index contributed by atoms with van der Waals surface area (Å²) in [6, 6.07) is 2.20. The molecule has 1 heterocycles. The normalized spacial score (nSPS) is 17.4. The number of hydrogen-bond donors (Lipinski definition) is 1. The first-order chi connectivity index (χ1) is 8.09. The summed E-state index contributed by atoms with van der Waals surface area (Å²) in [5.41, 5.74) is 5.21. The maximum absolute atomic E-state index is 6.34. The van der Waals surface area contributed by atoms with E-state index >= 15 is 0 Å². The van der Waals surface area contributed by atoms with Crippen LogP contribution < -0.4 is 5.32 Å². The molecular formula is C14H21ClN2. The van der Waals surface area contributed by atoms with Gasteiger partial charge in [0.25, 0.3) is 0 Å². The Morgan fingerprint density at radius 3 is 2.47 bits per heavy atom. The molecule has 0 radical (unpaired) electrons. The van der Waals surface area contributed by atoms with Crippen molar-refractivity contribution in [1.82, 2.24) is 10.2 Å². The lowest BCUT2D eigenvalue weighted by Crippen LogP contribution is -2.43. The first kappa shape index (κ1) is 12.9. The molecule has 2 nitrogen and oxygen atoms in total. The van der Waals surface area contributed by atoms with Crippen LogP contribution >= 0.6 is 11.6 Å². The topological polar surface area (TPSA) is 15.3 Å². The molecule has 0 saturated carbocycles. The lowest BCUT2D eigenvalue weighted by molar-refractivity contribution is 0.232. The second-order valence-corrected chi connectivity index (χ2v) is 5.33. The molecule has 1 saturated heterocycles. The largest absolute Gasteiger partial charge is 0.314 e. The van der Waals surface area contributed by atoms with E-state index in [2.05, 4.69) is 37.1 Å². The molecule has 1 N–H and O–H groups in total. The van der Waals surface area contributed by atoms with Gasteiger partial charge in [-0.25, -0.2) is 0 Å². The molecule has 0 bridgehead atoms. The van der Waals surface area contributed by atoms with E-state index in [-0.39, 0.29) is 0 Å². The summed E-state index contributed by atoms with van der Waals surface area (Å²) in [6.07, 6.45) is 0. The van der Waals surface area contributed by atoms with Crippen LogP contribution in [-0.4, -0.2) is 31.1 Å². The Hall–Kier alpha value is -0.570. The van der Waals surface area contributed by atoms with Crippen LogP contribution in [-0.2, 0) is 6.54 Å². The molecule has 3 heteroatoms. The Morgan fingerprint density at radius 1 is 1.18 bits per heavy atom. The van der Waals surface area contributed by atoms with E-state index in [4.69, 9.17) is 11.6 Å². The Kier molecular flexibility index (Phi) is 4.08. The van der Waals surface area contributed by atoms with Crippen molar-refractivity contribution in [3.8, 4) is 0 Å². The zero-order valence-electron chi connectivity index (χ0n) is 10.9. The molecule has 0 unspecified atom stereocenters. The quantitative estimate of drug-likeness (QED) is 0.871. The highest BCUT2D eigenvalue weighted by Crippen LogP contribution is 2.27. The van der Waals surface area contributed by atoms with Crippen LogP contribution in [0.2, 0.25) is 5.02 Å². The molecule has 1 fully saturated rings. The Balaban J connectivity index is 2.22. The van der Waals surface area contributed by atoms with Crippen molar-refractivity contribution in [3.63, 3.8) is 0 Å². The Morgan fingerprint density at radius 2 is 1.82 bits per heavy atom. The van der Waals surface area contributed by atoms with Crippen molar-refractivity contribution >= 4 is 11.6 Å². The Labute approximate surface area is 109 Å². The lowest BCUT2D eigenvalue weighted by Gasteiger charge is -2.28. The summed E-state index contributed by atoms with van der Waals surface area (Å²) >= 11 is 6.34. The highest BCUT2D eigenvalue weighted by molar-refractivity contribution is 6.32. The zero-order chi connectivity index (χ0) is 12.4. The molecule has 1 aliphatic rings. The fourth-order valence-corrected chi connectivity index (χ4v) is 2.70. The van der Waals surface area contributed by atoms with Crippen LogP contribution in [0.25, 0.3) is 0 Å². The summed E-state index contributed by atoms with van der Waals surface area (Å²) in [6.45, 7) is 11.9. The first-order valence-electron chi connectivity index (χ1n) is 6.28. The van der Waals surface area contributed by atoms with E-state index < -0.39 is 0 Å². The van der Waals surface area contributed by atoms with Gasteiger partial charge in [-0.2, -0.15) is 0 Å². The third-order valence-corrected chi connectivity index (χ3v) is 4.21. The summed E-state index contributed by atoms with van der Waals surface area (Å²) in [7, 11) is 0. The number of piperazine rings is 1. The predicted octanol–water partition coefficient (Wildman–Crippen LogP) is 2.67. The van der Waals surface area contributed by atoms with Gasteiger partial charge in [0.05, 0.1) is 0 Å². The third-order valence-electron chi connectivity index (χ3n) is 3.63. The average Bonchev–Trinajstić information content (AvgIpc) is 2.33. The zero-order valence-corrected chi connectivity index (χ0v) is 11.7. The van der Waals surface area contributed by atoms with E-state index in [1.165, 1.54) is 22.3 Å². The molecule has 1 aromatic carbocycles. The molecule has 0 atom stereocenters. The van der Waals surface area contributed by atoms with Crippen LogP contribution in [0.4, 0.5) is 0 Å². The molecule has 94 valence electrons. The highest BCUT2D eigenvalue weighted by Gasteiger charge is 2.15. The maximum Gasteiger partial charge on any atom is 0.0467 e. The van der Waals surface area contributed by atoms with Crippen LogP contribution in [0.15, 0.2) is 6.07 Å². The predicted molar refractivity (Wildman–Crippen MR) is 73.8 cm³/mol. The van der Waals surface area contributed by atoms with Gasteiger partial charge in [-0.05, 0) is 43.0 Å². The first-order valence-corrected chi connectivity index (χ1v) is 6.65. The molecule has 0 aliphatic carbocycles. The van der Waals surface area contributed by atoms with E-state index in [0.29, 0.717) is 0 Å². The van der Waals surface area contributed by atoms with Crippen LogP contribution in [0, 0.1) is 20.8 Å². The smallest absolute Gasteiger partial charge is 0.0467 e. The summed E-state index contributed by atoms with van der Waals surface area (Å²) in [5, 5.41) is 4.31. The molecule has 1 aromatic rings. The van der Waals surface area contributed by atoms with Crippen LogP contribution in [0.5, 0.6) is 0 Å². The molecule has 0 aromatic heterocycles. The number of aryl methyl sites for hydroxylation is 2. The van der Waals surface area contributed by atoms with E-state index in [9.17, 15) is 0 Å². The molecule has 0 spiro atoms. The summed E-state index contributed by atoms with van der Waals surface area (Å²) < 4.78 is 0.